The minimum atomic E-state index is -2.76. The second-order valence-electron chi connectivity index (χ2n) is 13.6. The third kappa shape index (κ3) is 4.77. The molecule has 41 heavy (non-hydrogen) atoms. The van der Waals surface area contributed by atoms with Crippen LogP contribution in [0.3, 0.4) is 0 Å². The van der Waals surface area contributed by atoms with E-state index in [1.807, 2.05) is 24.3 Å². The Labute approximate surface area is 237 Å². The molecule has 216 valence electrons. The number of benzene rings is 1. The fraction of sp³-hybridized carbons (Fsp3) is 0.645. The van der Waals surface area contributed by atoms with Crippen LogP contribution in [0.4, 0.5) is 14.5 Å². The molecule has 0 unspecified atom stereocenters. The number of nitrogens with zero attached hydrogens (tertiary/aromatic N) is 5. The Morgan fingerprint density at radius 1 is 0.951 bits per heavy atom. The highest BCUT2D eigenvalue weighted by Gasteiger charge is 2.55. The zero-order valence-corrected chi connectivity index (χ0v) is 23.2. The fourth-order valence-corrected chi connectivity index (χ4v) is 7.31. The Morgan fingerprint density at radius 2 is 1.71 bits per heavy atom. The van der Waals surface area contributed by atoms with Crippen LogP contribution in [0.15, 0.2) is 33.3 Å². The predicted octanol–water partition coefficient (Wildman–Crippen LogP) is 6.62. The number of hydrogen-bond donors (Lipinski definition) is 0. The summed E-state index contributed by atoms with van der Waals surface area (Å²) in [6.45, 7) is 0.515. The summed E-state index contributed by atoms with van der Waals surface area (Å²) in [6, 6.07) is 7.55. The van der Waals surface area contributed by atoms with Gasteiger partial charge in [-0.05, 0) is 93.7 Å². The third-order valence-corrected chi connectivity index (χ3v) is 10.5. The van der Waals surface area contributed by atoms with Crippen LogP contribution < -0.4 is 4.90 Å². The van der Waals surface area contributed by atoms with E-state index in [2.05, 4.69) is 15.3 Å². The SMILES string of the molecule is O=C(C1CC(F)(F)C1)N(CC12CCC(c3nc(CC4CC4)no3)(CC1)CC2)c1cccc(-c2nc(C3CC3)no2)c1. The summed E-state index contributed by atoms with van der Waals surface area (Å²) in [6.07, 6.45) is 10.4. The molecule has 0 N–H and O–H groups in total. The van der Waals surface area contributed by atoms with Crippen molar-refractivity contribution < 1.29 is 22.6 Å². The maximum atomic E-state index is 13.8. The number of amides is 1. The van der Waals surface area contributed by atoms with Crippen LogP contribution in [-0.4, -0.2) is 38.7 Å². The van der Waals surface area contributed by atoms with Crippen molar-refractivity contribution in [3.8, 4) is 11.5 Å². The second kappa shape index (κ2) is 9.16. The number of alkyl halides is 2. The summed E-state index contributed by atoms with van der Waals surface area (Å²) >= 11 is 0. The van der Waals surface area contributed by atoms with Crippen molar-refractivity contribution in [3.05, 3.63) is 41.8 Å². The summed E-state index contributed by atoms with van der Waals surface area (Å²) in [7, 11) is 0. The Bertz CT molecular complexity index is 1440. The van der Waals surface area contributed by atoms with Crippen molar-refractivity contribution in [3.63, 3.8) is 0 Å². The largest absolute Gasteiger partial charge is 0.339 e. The molecule has 6 saturated carbocycles. The Morgan fingerprint density at radius 3 is 2.39 bits per heavy atom. The number of hydrogen-bond acceptors (Lipinski definition) is 7. The summed E-state index contributed by atoms with van der Waals surface area (Å²) in [4.78, 5) is 25.0. The number of fused-ring (bicyclic) bond motifs is 3. The molecule has 1 aromatic carbocycles. The van der Waals surface area contributed by atoms with E-state index >= 15 is 0 Å². The number of halogens is 2. The Hall–Kier alpha value is -3.17. The van der Waals surface area contributed by atoms with Crippen LogP contribution in [0.5, 0.6) is 0 Å². The maximum absolute atomic E-state index is 13.8. The first kappa shape index (κ1) is 25.5. The van der Waals surface area contributed by atoms with Crippen molar-refractivity contribution >= 4 is 11.6 Å². The van der Waals surface area contributed by atoms with Crippen molar-refractivity contribution in [1.29, 1.82) is 0 Å². The van der Waals surface area contributed by atoms with Gasteiger partial charge in [-0.2, -0.15) is 9.97 Å². The van der Waals surface area contributed by atoms with Crippen LogP contribution in [0.25, 0.3) is 11.5 Å². The molecule has 8 nitrogen and oxygen atoms in total. The van der Waals surface area contributed by atoms with Gasteiger partial charge in [-0.25, -0.2) is 8.78 Å². The Balaban J connectivity index is 1.04. The van der Waals surface area contributed by atoms with Gasteiger partial charge in [-0.1, -0.05) is 16.4 Å². The number of anilines is 1. The first-order valence-electron chi connectivity index (χ1n) is 15.3. The molecular weight excluding hydrogens is 528 g/mol. The van der Waals surface area contributed by atoms with Crippen molar-refractivity contribution in [2.45, 2.75) is 101 Å². The van der Waals surface area contributed by atoms with Crippen molar-refractivity contribution in [2.75, 3.05) is 11.4 Å². The van der Waals surface area contributed by atoms with Gasteiger partial charge >= 0.3 is 0 Å². The normalized spacial score (nSPS) is 28.9. The number of carbonyl (C=O) groups is 1. The maximum Gasteiger partial charge on any atom is 0.258 e. The van der Waals surface area contributed by atoms with Crippen LogP contribution in [0.1, 0.15) is 101 Å². The summed E-state index contributed by atoms with van der Waals surface area (Å²) in [5, 5.41) is 8.42. The molecule has 0 aliphatic heterocycles. The molecule has 6 aliphatic carbocycles. The van der Waals surface area contributed by atoms with E-state index in [9.17, 15) is 13.6 Å². The molecule has 2 bridgehead atoms. The van der Waals surface area contributed by atoms with E-state index in [-0.39, 0.29) is 29.6 Å². The van der Waals surface area contributed by atoms with Gasteiger partial charge in [0.15, 0.2) is 11.6 Å². The molecule has 2 heterocycles. The van der Waals surface area contributed by atoms with Crippen LogP contribution >= 0.6 is 0 Å². The average Bonchev–Trinajstić information content (AvgIpc) is 3.89. The van der Waals surface area contributed by atoms with Gasteiger partial charge in [-0.3, -0.25) is 4.79 Å². The van der Waals surface area contributed by atoms with E-state index in [1.54, 1.807) is 4.90 Å². The molecule has 0 saturated heterocycles. The van der Waals surface area contributed by atoms with Gasteiger partial charge in [0.25, 0.3) is 5.89 Å². The van der Waals surface area contributed by atoms with Gasteiger partial charge < -0.3 is 13.9 Å². The molecule has 10 heteroatoms. The Kier molecular flexibility index (Phi) is 5.71. The van der Waals surface area contributed by atoms with Crippen molar-refractivity contribution in [2.24, 2.45) is 17.3 Å². The minimum absolute atomic E-state index is 0.0693. The van der Waals surface area contributed by atoms with E-state index in [1.165, 1.54) is 12.8 Å². The van der Waals surface area contributed by atoms with Gasteiger partial charge in [0.2, 0.25) is 17.7 Å². The quantitative estimate of drug-likeness (QED) is 0.289. The summed E-state index contributed by atoms with van der Waals surface area (Å²) < 4.78 is 39.0. The molecule has 9 rings (SSSR count). The first-order valence-corrected chi connectivity index (χ1v) is 15.3. The molecule has 6 fully saturated rings. The van der Waals surface area contributed by atoms with Crippen LogP contribution in [-0.2, 0) is 16.6 Å². The fourth-order valence-electron chi connectivity index (χ4n) is 7.31. The molecule has 0 atom stereocenters. The van der Waals surface area contributed by atoms with Gasteiger partial charge in [0.1, 0.15) is 0 Å². The highest BCUT2D eigenvalue weighted by molar-refractivity contribution is 5.96. The van der Waals surface area contributed by atoms with E-state index in [4.69, 9.17) is 14.0 Å². The molecule has 0 spiro atoms. The highest BCUT2D eigenvalue weighted by atomic mass is 19.3. The lowest BCUT2D eigenvalue weighted by Gasteiger charge is -2.53. The lowest BCUT2D eigenvalue weighted by molar-refractivity contribution is -0.148. The van der Waals surface area contributed by atoms with Crippen molar-refractivity contribution in [1.82, 2.24) is 20.3 Å². The third-order valence-electron chi connectivity index (χ3n) is 10.5. The first-order chi connectivity index (χ1) is 19.8. The van der Waals surface area contributed by atoms with Gasteiger partial charge in [-0.15, -0.1) is 0 Å². The molecular formula is C31H35F2N5O3. The second-order valence-corrected chi connectivity index (χ2v) is 13.6. The number of rotatable bonds is 9. The predicted molar refractivity (Wildman–Crippen MR) is 144 cm³/mol. The zero-order valence-electron chi connectivity index (χ0n) is 23.2. The summed E-state index contributed by atoms with van der Waals surface area (Å²) in [5.41, 5.74) is 1.28. The van der Waals surface area contributed by atoms with E-state index < -0.39 is 11.8 Å². The minimum Gasteiger partial charge on any atom is -0.339 e. The molecule has 0 radical (unpaired) electrons. The highest BCUT2D eigenvalue weighted by Crippen LogP contribution is 2.58. The van der Waals surface area contributed by atoms with Gasteiger partial charge in [0.05, 0.1) is 0 Å². The monoisotopic (exact) mass is 563 g/mol. The smallest absolute Gasteiger partial charge is 0.258 e. The molecule has 3 aromatic rings. The number of carbonyl (C=O) groups excluding carboxylic acids is 1. The topological polar surface area (TPSA) is 98.2 Å². The standard InChI is InChI=1S/C31H35F2N5O3/c32-31(33)16-22(17-31)27(39)38(23-3-1-2-21(15-23)26-35-25(37-40-26)20-6-7-20)18-29-8-11-30(12-9-29,13-10-29)28-34-24(36-41-28)14-19-4-5-19/h1-3,15,19-20,22H,4-14,16-18H2. The molecule has 2 aromatic heterocycles. The lowest BCUT2D eigenvalue weighted by Crippen LogP contribution is -2.53. The summed E-state index contributed by atoms with van der Waals surface area (Å²) in [5.74, 6) is 0.212. The molecule has 1 amide bonds. The van der Waals surface area contributed by atoms with Crippen LogP contribution in [0.2, 0.25) is 0 Å². The van der Waals surface area contributed by atoms with Gasteiger partial charge in [0, 0.05) is 54.3 Å². The lowest BCUT2D eigenvalue weighted by atomic mass is 9.53. The average molecular weight is 564 g/mol. The van der Waals surface area contributed by atoms with E-state index in [0.717, 1.165) is 80.9 Å². The molecule has 6 aliphatic rings. The van der Waals surface area contributed by atoms with Crippen LogP contribution in [0, 0.1) is 17.3 Å². The van der Waals surface area contributed by atoms with E-state index in [0.29, 0.717) is 30.0 Å². The number of aromatic nitrogens is 4. The zero-order chi connectivity index (χ0) is 27.8.